The van der Waals surface area contributed by atoms with Crippen LogP contribution in [0.2, 0.25) is 0 Å². The topological polar surface area (TPSA) is 126 Å². The number of benzene rings is 8. The number of aliphatic hydroxyl groups is 2. The number of hydrogen-bond acceptors (Lipinski definition) is 8. The van der Waals surface area contributed by atoms with Gasteiger partial charge in [-0.2, -0.15) is 0 Å². The van der Waals surface area contributed by atoms with Crippen molar-refractivity contribution in [2.24, 2.45) is 35.5 Å². The molecule has 12 heteroatoms. The first-order valence-corrected chi connectivity index (χ1v) is 45.9. The Morgan fingerprint density at radius 2 is 0.654 bits per heavy atom. The van der Waals surface area contributed by atoms with E-state index in [1.165, 1.54) is 102 Å². The van der Waals surface area contributed by atoms with Gasteiger partial charge in [0.05, 0.1) is 22.5 Å². The van der Waals surface area contributed by atoms with E-state index >= 15 is 0 Å². The van der Waals surface area contributed by atoms with Gasteiger partial charge in [0.2, 0.25) is 0 Å². The summed E-state index contributed by atoms with van der Waals surface area (Å²) in [6.45, 7) is 41.4. The van der Waals surface area contributed by atoms with Crippen LogP contribution in [0.5, 0.6) is 0 Å². The number of aryl methyl sites for hydroxylation is 8. The average Bonchev–Trinajstić information content (AvgIpc) is 0.774. The molecule has 8 nitrogen and oxygen atoms in total. The van der Waals surface area contributed by atoms with Crippen LogP contribution in [0.25, 0.3) is 88.1 Å². The number of pyridine rings is 4. The molecule has 14 rings (SSSR count). The van der Waals surface area contributed by atoms with Crippen LogP contribution >= 0.6 is 0 Å². The summed E-state index contributed by atoms with van der Waals surface area (Å²) in [4.78, 5) is 41.1. The van der Waals surface area contributed by atoms with E-state index in [-0.39, 0.29) is 164 Å². The van der Waals surface area contributed by atoms with Crippen LogP contribution in [0, 0.1) is 115 Å². The third-order valence-electron chi connectivity index (χ3n) is 23.9. The maximum atomic E-state index is 13.6. The molecule has 8 aromatic carbocycles. The van der Waals surface area contributed by atoms with Crippen LogP contribution in [0.4, 0.5) is 8.78 Å². The molecule has 702 valence electrons. The molecule has 0 aliphatic heterocycles. The van der Waals surface area contributed by atoms with E-state index in [0.717, 1.165) is 138 Å². The molecule has 0 saturated heterocycles. The molecule has 2 N–H and O–H groups in total. The molecule has 2 atom stereocenters. The van der Waals surface area contributed by atoms with Crippen molar-refractivity contribution in [2.75, 3.05) is 0 Å². The minimum atomic E-state index is -1.33. The SMILES string of the molecule is C.C.CCC(CC)C(=O)C=C(O)C(CC)CC(C)(C)F.CCC(CC)C(=O)C=C(O)C(CC)CC(C)(C)F.[2H]c1nc(-c2[c-]c(C)cc(C)c2[2H])c2ccc(C(C)C)cc2c1[2H].[2H]c1nc(-c2[c-]c(C)cc(C)c2[2H])c2ccc(C(C)C)cc2c1[2H].[2H]c1nc(-c2[c-]c(C)cc(C)c2[2H])c2ccc(CC3CCCC3)cc2c1[2H].[2H]c1nc(-c2[c-]c(C)cc(C)c2[2H])c2ccc(CC3CCCC3)cc2c1[2H].[Ir].[Ir]. The molecule has 2 aliphatic carbocycles. The Morgan fingerprint density at radius 3 is 0.892 bits per heavy atom. The molecule has 2 fully saturated rings. The van der Waals surface area contributed by atoms with Crippen LogP contribution in [-0.2, 0) is 62.6 Å². The number of aliphatic hydroxyl groups excluding tert-OH is 2. The van der Waals surface area contributed by atoms with Crippen LogP contribution in [-0.4, -0.2) is 53.1 Å². The molecule has 2 aliphatic rings. The molecule has 12 aromatic rings. The number of alkyl halides is 2. The summed E-state index contributed by atoms with van der Waals surface area (Å²) >= 11 is 0. The Hall–Kier alpha value is -9.02. The number of hydrogen-bond donors (Lipinski definition) is 2. The van der Waals surface area contributed by atoms with Crippen LogP contribution in [0.3, 0.4) is 0 Å². The van der Waals surface area contributed by atoms with E-state index in [4.69, 9.17) is 16.4 Å². The zero-order valence-corrected chi connectivity index (χ0v) is 84.5. The van der Waals surface area contributed by atoms with Gasteiger partial charge in [-0.25, -0.2) is 8.78 Å². The summed E-state index contributed by atoms with van der Waals surface area (Å²) in [5.74, 6) is 1.50. The van der Waals surface area contributed by atoms with Crippen LogP contribution in [0.1, 0.15) is 310 Å². The smallest absolute Gasteiger partial charge is 0.162 e. The van der Waals surface area contributed by atoms with Crippen molar-refractivity contribution in [3.8, 4) is 45.0 Å². The fourth-order valence-electron chi connectivity index (χ4n) is 17.2. The standard InChI is InChI=1S/2C23H24N.2C20H20N.2C15H27FO2.2CH4.2Ir/c2*1-16-11-17(2)13-21(12-16)23-22-8-7-19(14-18-5-3-4-6-18)15-20(22)9-10-24-23;2*1-13(2)16-5-6-19-17(12-16)7-8-21-20(19)18-10-14(3)9-15(4)11-18;2*1-6-11(7-2)13(17)9-14(18)12(8-3)10-15(4,5)16;;;;/h2*7-12,15,18H,3-6,14H2,1-2H3;2*5-10,12-13H,1-4H3;2*9,11-12,18H,6-8,10H2,1-5H3;2*1H4;;/q4*-1;;;;;;/i2*9D,10D,12D;2*7D,8D,10D;;;;;;. The number of fused-ring (bicyclic) bond motifs is 4. The van der Waals surface area contributed by atoms with Crippen molar-refractivity contribution in [1.29, 1.82) is 0 Å². The van der Waals surface area contributed by atoms with Crippen molar-refractivity contribution in [2.45, 2.75) is 306 Å². The molecular formula is C118H150F2Ir2N4O4-4. The normalized spacial score (nSPS) is 14.7. The number of ketones is 2. The van der Waals surface area contributed by atoms with Gasteiger partial charge in [0.15, 0.2) is 11.6 Å². The first kappa shape index (κ1) is 92.8. The summed E-state index contributed by atoms with van der Waals surface area (Å²) in [5, 5.41) is 26.1. The molecule has 4 aromatic heterocycles. The fraction of sp³-hybridized carbons (Fsp3) is 0.441. The van der Waals surface area contributed by atoms with Gasteiger partial charge in [-0.15, -0.1) is 139 Å². The van der Waals surface area contributed by atoms with Gasteiger partial charge >= 0.3 is 0 Å². The second-order valence-electron chi connectivity index (χ2n) is 36.7. The molecule has 2 unspecified atom stereocenters. The monoisotopic (exact) mass is 2120 g/mol. The molecule has 4 heterocycles. The second kappa shape index (κ2) is 53.0. The molecule has 0 amide bonds. The summed E-state index contributed by atoms with van der Waals surface area (Å²) in [5.41, 5.74) is 14.1. The third-order valence-corrected chi connectivity index (χ3v) is 23.9. The summed E-state index contributed by atoms with van der Waals surface area (Å²) in [6, 6.07) is 47.1. The largest absolute Gasteiger partial charge is 0.512 e. The Morgan fingerprint density at radius 1 is 0.408 bits per heavy atom. The van der Waals surface area contributed by atoms with Gasteiger partial charge in [0.1, 0.15) is 11.3 Å². The van der Waals surface area contributed by atoms with E-state index in [0.29, 0.717) is 105 Å². The molecule has 2 radical (unpaired) electrons. The number of nitrogens with zero attached hydrogens (tertiary/aromatic N) is 4. The maximum Gasteiger partial charge on any atom is 0.162 e. The Labute approximate surface area is 825 Å². The number of aromatic nitrogens is 4. The van der Waals surface area contributed by atoms with E-state index < -0.39 is 11.3 Å². The fourth-order valence-corrected chi connectivity index (χ4v) is 17.2. The summed E-state index contributed by atoms with van der Waals surface area (Å²) < 4.78 is 126. The third kappa shape index (κ3) is 33.3. The summed E-state index contributed by atoms with van der Waals surface area (Å²) in [7, 11) is 0. The van der Waals surface area contributed by atoms with Crippen molar-refractivity contribution >= 4 is 54.7 Å². The Kier molecular flexibility index (Phi) is 37.9. The van der Waals surface area contributed by atoms with Crippen LogP contribution in [0.15, 0.2) is 194 Å². The number of halogens is 2. The minimum absolute atomic E-state index is 0. The van der Waals surface area contributed by atoms with Gasteiger partial charge in [-0.05, 0) is 233 Å². The first-order chi connectivity index (χ1) is 64.9. The molecular weight excluding hydrogens is 1960 g/mol. The van der Waals surface area contributed by atoms with E-state index in [1.54, 1.807) is 0 Å². The van der Waals surface area contributed by atoms with Crippen LogP contribution < -0.4 is 0 Å². The first-order valence-electron chi connectivity index (χ1n) is 51.9. The van der Waals surface area contributed by atoms with Crippen molar-refractivity contribution < 1.29 is 85.2 Å². The quantitative estimate of drug-likeness (QED) is 0.0312. The number of rotatable bonds is 26. The van der Waals surface area contributed by atoms with Gasteiger partial charge in [-0.3, -0.25) is 9.59 Å². The molecule has 0 spiro atoms. The van der Waals surface area contributed by atoms with Gasteiger partial charge in [-0.1, -0.05) is 264 Å². The van der Waals surface area contributed by atoms with E-state index in [1.807, 2.05) is 170 Å². The molecule has 0 bridgehead atoms. The van der Waals surface area contributed by atoms with Gasteiger partial charge in [0.25, 0.3) is 0 Å². The number of allylic oxidation sites excluding steroid dienone is 4. The van der Waals surface area contributed by atoms with Crippen molar-refractivity contribution in [1.82, 2.24) is 19.9 Å². The number of carbonyl (C=O) groups is 2. The molecule has 2 saturated carbocycles. The van der Waals surface area contributed by atoms with Crippen molar-refractivity contribution in [3.05, 3.63) is 285 Å². The van der Waals surface area contributed by atoms with Gasteiger partial charge < -0.3 is 30.1 Å². The molecule has 130 heavy (non-hydrogen) atoms. The zero-order valence-electron chi connectivity index (χ0n) is 91.7. The van der Waals surface area contributed by atoms with E-state index in [2.05, 4.69) is 96.2 Å². The van der Waals surface area contributed by atoms with Crippen molar-refractivity contribution in [3.63, 3.8) is 0 Å². The van der Waals surface area contributed by atoms with E-state index in [9.17, 15) is 28.6 Å². The average molecular weight is 2120 g/mol. The summed E-state index contributed by atoms with van der Waals surface area (Å²) in [6.07, 6.45) is 19.7. The minimum Gasteiger partial charge on any atom is -0.512 e. The zero-order chi connectivity index (χ0) is 102. The predicted molar refractivity (Wildman–Crippen MR) is 542 cm³/mol. The Balaban J connectivity index is 0.000000301. The predicted octanol–water partition coefficient (Wildman–Crippen LogP) is 33.5. The second-order valence-corrected chi connectivity index (χ2v) is 36.7. The Bertz CT molecular complexity index is 6050. The number of carbonyl (C=O) groups excluding carboxylic acids is 2. The van der Waals surface area contributed by atoms with Gasteiger partial charge in [0, 0.05) is 101 Å². The maximum absolute atomic E-state index is 13.6.